The molecule has 0 bridgehead atoms. The van der Waals surface area contributed by atoms with Crippen molar-refractivity contribution in [2.24, 2.45) is 5.14 Å². The van der Waals surface area contributed by atoms with E-state index >= 15 is 0 Å². The summed E-state index contributed by atoms with van der Waals surface area (Å²) in [6.45, 7) is 0.641. The molecule has 2 aromatic rings. The second-order valence-corrected chi connectivity index (χ2v) is 12.2. The molecule has 0 aliphatic carbocycles. The Hall–Kier alpha value is -0.170. The second-order valence-electron chi connectivity index (χ2n) is 7.39. The maximum atomic E-state index is 13.0. The summed E-state index contributed by atoms with van der Waals surface area (Å²) < 4.78 is 25.4. The monoisotopic (exact) mass is 825 g/mol. The van der Waals surface area contributed by atoms with Gasteiger partial charge in [0.25, 0.3) is 5.24 Å². The van der Waals surface area contributed by atoms with E-state index in [1.165, 1.54) is 29.3 Å². The van der Waals surface area contributed by atoms with Crippen LogP contribution in [0, 0.1) is 0 Å². The standard InChI is InChI=1S/C21H22I3N3O4S2/c22-9-13-6-14-2-1-5-27(20(14)16(7-13)11-24)21(29)32-12-19(28)26-18-4-3-17(33(25,30)31)8-15(18)10-23/h3-4,6-8H,1-2,5,9-12H2,(H,26,28)(H2,25,30,31). The lowest BCUT2D eigenvalue weighted by atomic mass is 9.96. The number of rotatable bonds is 7. The number of nitrogens with zero attached hydrogens (tertiary/aromatic N) is 1. The van der Waals surface area contributed by atoms with Gasteiger partial charge in [-0.3, -0.25) is 9.59 Å². The number of benzene rings is 2. The van der Waals surface area contributed by atoms with Crippen molar-refractivity contribution in [3.8, 4) is 0 Å². The zero-order valence-corrected chi connectivity index (χ0v) is 25.5. The van der Waals surface area contributed by atoms with E-state index in [0.29, 0.717) is 22.2 Å². The molecule has 7 nitrogen and oxygen atoms in total. The van der Waals surface area contributed by atoms with Crippen molar-refractivity contribution in [2.45, 2.75) is 31.0 Å². The average Bonchev–Trinajstić information content (AvgIpc) is 2.80. The number of anilines is 2. The smallest absolute Gasteiger partial charge is 0.286 e. The summed E-state index contributed by atoms with van der Waals surface area (Å²) in [5.41, 5.74) is 5.77. The Morgan fingerprint density at radius 3 is 2.42 bits per heavy atom. The summed E-state index contributed by atoms with van der Waals surface area (Å²) in [5.74, 6) is -0.359. The van der Waals surface area contributed by atoms with Crippen LogP contribution in [0.25, 0.3) is 0 Å². The minimum atomic E-state index is -3.82. The number of amides is 2. The van der Waals surface area contributed by atoms with Crippen LogP contribution in [0.5, 0.6) is 0 Å². The fourth-order valence-electron chi connectivity index (χ4n) is 3.64. The van der Waals surface area contributed by atoms with Crippen molar-refractivity contribution < 1.29 is 18.0 Å². The summed E-state index contributed by atoms with van der Waals surface area (Å²) in [5, 5.41) is 7.83. The molecular weight excluding hydrogens is 803 g/mol. The average molecular weight is 825 g/mol. The van der Waals surface area contributed by atoms with Crippen LogP contribution in [-0.4, -0.2) is 31.9 Å². The highest BCUT2D eigenvalue weighted by molar-refractivity contribution is 14.1. The minimum absolute atomic E-state index is 0.00253. The number of carbonyl (C=O) groups excluding carboxylic acids is 2. The molecule has 12 heteroatoms. The highest BCUT2D eigenvalue weighted by Gasteiger charge is 2.26. The normalized spacial score (nSPS) is 13.5. The number of halogens is 3. The van der Waals surface area contributed by atoms with Gasteiger partial charge in [-0.25, -0.2) is 13.6 Å². The van der Waals surface area contributed by atoms with Crippen molar-refractivity contribution in [1.29, 1.82) is 0 Å². The fourth-order valence-corrected chi connectivity index (χ4v) is 6.52. The summed E-state index contributed by atoms with van der Waals surface area (Å²) >= 11 is 7.74. The molecular formula is C21H22I3N3O4S2. The van der Waals surface area contributed by atoms with Crippen molar-refractivity contribution in [3.05, 3.63) is 52.6 Å². The summed E-state index contributed by atoms with van der Waals surface area (Å²) in [4.78, 5) is 27.4. The van der Waals surface area contributed by atoms with Crippen LogP contribution in [0.3, 0.4) is 0 Å². The largest absolute Gasteiger partial charge is 0.325 e. The number of aryl methyl sites for hydroxylation is 1. The lowest BCUT2D eigenvalue weighted by Gasteiger charge is -2.31. The van der Waals surface area contributed by atoms with Crippen molar-refractivity contribution in [2.75, 3.05) is 22.5 Å². The van der Waals surface area contributed by atoms with Crippen LogP contribution in [0.1, 0.15) is 28.7 Å². The number of carbonyl (C=O) groups is 2. The molecule has 1 aliphatic rings. The van der Waals surface area contributed by atoms with E-state index < -0.39 is 10.0 Å². The van der Waals surface area contributed by atoms with Gasteiger partial charge >= 0.3 is 0 Å². The molecule has 0 unspecified atom stereocenters. The summed E-state index contributed by atoms with van der Waals surface area (Å²) in [7, 11) is -3.82. The maximum absolute atomic E-state index is 13.0. The predicted molar refractivity (Wildman–Crippen MR) is 160 cm³/mol. The lowest BCUT2D eigenvalue weighted by molar-refractivity contribution is -0.113. The lowest BCUT2D eigenvalue weighted by Crippen LogP contribution is -2.34. The molecule has 2 aromatic carbocycles. The number of sulfonamides is 1. The molecule has 0 spiro atoms. The molecule has 178 valence electrons. The van der Waals surface area contributed by atoms with Gasteiger partial charge in [0.05, 0.1) is 16.3 Å². The van der Waals surface area contributed by atoms with E-state index in [1.807, 2.05) is 0 Å². The zero-order valence-electron chi connectivity index (χ0n) is 17.4. The van der Waals surface area contributed by atoms with Crippen LogP contribution in [0.2, 0.25) is 0 Å². The first-order valence-corrected chi connectivity index (χ1v) is 17.0. The second kappa shape index (κ2) is 12.2. The Bertz CT molecular complexity index is 1160. The Kier molecular flexibility index (Phi) is 10.1. The molecule has 2 amide bonds. The first-order chi connectivity index (χ1) is 15.7. The van der Waals surface area contributed by atoms with Gasteiger partial charge in [0.15, 0.2) is 0 Å². The molecule has 0 aromatic heterocycles. The fraction of sp³-hybridized carbons (Fsp3) is 0.333. The van der Waals surface area contributed by atoms with E-state index in [-0.39, 0.29) is 21.8 Å². The molecule has 1 aliphatic heterocycles. The minimum Gasteiger partial charge on any atom is -0.325 e. The molecule has 0 radical (unpaired) electrons. The summed E-state index contributed by atoms with van der Waals surface area (Å²) in [6.07, 6.45) is 1.85. The molecule has 1 heterocycles. The van der Waals surface area contributed by atoms with E-state index in [1.54, 1.807) is 4.90 Å². The van der Waals surface area contributed by atoms with Crippen LogP contribution >= 0.6 is 79.5 Å². The number of fused-ring (bicyclic) bond motifs is 1. The third-order valence-electron chi connectivity index (χ3n) is 5.09. The molecule has 3 rings (SSSR count). The SMILES string of the molecule is NS(=O)(=O)c1ccc(NC(=O)CSC(=O)N2CCCc3cc(CI)cc(CI)c32)c(CI)c1. The molecule has 0 fully saturated rings. The highest BCUT2D eigenvalue weighted by Crippen LogP contribution is 2.36. The van der Waals surface area contributed by atoms with Gasteiger partial charge < -0.3 is 10.2 Å². The zero-order chi connectivity index (χ0) is 24.2. The number of nitrogens with one attached hydrogen (secondary N) is 1. The third-order valence-corrected chi connectivity index (χ3v) is 9.40. The van der Waals surface area contributed by atoms with Crippen LogP contribution in [0.4, 0.5) is 16.2 Å². The van der Waals surface area contributed by atoms with Crippen molar-refractivity contribution in [1.82, 2.24) is 0 Å². The Balaban J connectivity index is 1.70. The predicted octanol–water partition coefficient (Wildman–Crippen LogP) is 5.38. The van der Waals surface area contributed by atoms with Crippen LogP contribution in [-0.2, 0) is 34.5 Å². The molecule has 0 saturated carbocycles. The van der Waals surface area contributed by atoms with Crippen LogP contribution in [0.15, 0.2) is 35.2 Å². The van der Waals surface area contributed by atoms with Gasteiger partial charge in [0.2, 0.25) is 15.9 Å². The summed E-state index contributed by atoms with van der Waals surface area (Å²) in [6, 6.07) is 8.69. The first kappa shape index (κ1) is 27.4. The molecule has 3 N–H and O–H groups in total. The van der Waals surface area contributed by atoms with Crippen molar-refractivity contribution >= 4 is 112 Å². The maximum Gasteiger partial charge on any atom is 0.286 e. The quantitative estimate of drug-likeness (QED) is 0.288. The molecule has 33 heavy (non-hydrogen) atoms. The molecule has 0 atom stereocenters. The number of hydrogen-bond acceptors (Lipinski definition) is 5. The number of nitrogens with two attached hydrogens (primary N) is 1. The van der Waals surface area contributed by atoms with Crippen LogP contribution < -0.4 is 15.4 Å². The van der Waals surface area contributed by atoms with E-state index in [9.17, 15) is 18.0 Å². The number of alkyl halides is 3. The Labute approximate surface area is 238 Å². The van der Waals surface area contributed by atoms with E-state index in [4.69, 9.17) is 5.14 Å². The number of hydrogen-bond donors (Lipinski definition) is 2. The number of thioether (sulfide) groups is 1. The third kappa shape index (κ3) is 6.95. The highest BCUT2D eigenvalue weighted by atomic mass is 127. The van der Waals surface area contributed by atoms with E-state index in [0.717, 1.165) is 44.7 Å². The van der Waals surface area contributed by atoms with E-state index in [2.05, 4.69) is 85.2 Å². The van der Waals surface area contributed by atoms with Gasteiger partial charge in [-0.2, -0.15) is 0 Å². The van der Waals surface area contributed by atoms with Gasteiger partial charge in [-0.1, -0.05) is 91.7 Å². The van der Waals surface area contributed by atoms with Gasteiger partial charge in [-0.05, 0) is 53.3 Å². The van der Waals surface area contributed by atoms with Crippen molar-refractivity contribution in [3.63, 3.8) is 0 Å². The molecule has 0 saturated heterocycles. The first-order valence-electron chi connectivity index (χ1n) is 9.90. The Morgan fingerprint density at radius 2 is 1.79 bits per heavy atom. The number of primary sulfonamides is 1. The van der Waals surface area contributed by atoms with Gasteiger partial charge in [0, 0.05) is 25.5 Å². The van der Waals surface area contributed by atoms with Gasteiger partial charge in [-0.15, -0.1) is 0 Å². The Morgan fingerprint density at radius 1 is 1.06 bits per heavy atom. The van der Waals surface area contributed by atoms with Gasteiger partial charge in [0.1, 0.15) is 0 Å². The topological polar surface area (TPSA) is 110 Å².